The summed E-state index contributed by atoms with van der Waals surface area (Å²) >= 11 is 0. The second-order valence-electron chi connectivity index (χ2n) is 4.82. The number of unbranched alkanes of at least 4 members (excludes halogenated alkanes) is 1. The molecule has 0 aromatic heterocycles. The molecule has 0 bridgehead atoms. The van der Waals surface area contributed by atoms with Crippen molar-refractivity contribution in [1.82, 2.24) is 0 Å². The molecule has 0 aliphatic heterocycles. The summed E-state index contributed by atoms with van der Waals surface area (Å²) < 4.78 is 0.903. The Kier molecular flexibility index (Phi) is 22.3. The highest BCUT2D eigenvalue weighted by Crippen LogP contribution is 2.07. The van der Waals surface area contributed by atoms with Crippen molar-refractivity contribution in [1.29, 1.82) is 0 Å². The van der Waals surface area contributed by atoms with Gasteiger partial charge in [-0.15, -0.1) is 0 Å². The Hall–Kier alpha value is -1.65. The molecule has 0 saturated heterocycles. The molecule has 0 aliphatic rings. The van der Waals surface area contributed by atoms with Crippen LogP contribution in [0.4, 0.5) is 0 Å². The van der Waals surface area contributed by atoms with Gasteiger partial charge in [-0.2, -0.15) is 0 Å². The Labute approximate surface area is 136 Å². The molecule has 0 radical (unpaired) electrons. The number of hydrogen-bond donors (Lipinski definition) is 2. The summed E-state index contributed by atoms with van der Waals surface area (Å²) in [6.07, 6.45) is 9.80. The molecule has 0 heterocycles. The molecule has 0 unspecified atom stereocenters. The van der Waals surface area contributed by atoms with Crippen molar-refractivity contribution in [2.75, 3.05) is 32.8 Å². The maximum Gasteiger partial charge on any atom is 0.300 e. The first-order valence-electron chi connectivity index (χ1n) is 7.48. The number of nitrogens with zero attached hydrogens (tertiary/aromatic N) is 1. The van der Waals surface area contributed by atoms with Gasteiger partial charge in [0, 0.05) is 13.5 Å². The smallest absolute Gasteiger partial charge is 0.300 e. The minimum absolute atomic E-state index is 0.344. The fraction of sp³-hybridized carbons (Fsp3) is 0.500. The lowest BCUT2D eigenvalue weighted by atomic mass is 10.3. The second-order valence-corrected chi connectivity index (χ2v) is 4.82. The van der Waals surface area contributed by atoms with Crippen molar-refractivity contribution in [3.63, 3.8) is 0 Å². The summed E-state index contributed by atoms with van der Waals surface area (Å²) in [6.45, 7) is 22.3. The first-order chi connectivity index (χ1) is 10.4. The van der Waals surface area contributed by atoms with Gasteiger partial charge < -0.3 is 14.7 Å². The van der Waals surface area contributed by atoms with E-state index in [-0.39, 0.29) is 0 Å². The van der Waals surface area contributed by atoms with E-state index in [1.165, 1.54) is 0 Å². The van der Waals surface area contributed by atoms with E-state index in [0.717, 1.165) is 50.4 Å². The van der Waals surface area contributed by atoms with Crippen LogP contribution in [-0.4, -0.2) is 53.5 Å². The highest BCUT2D eigenvalue weighted by atomic mass is 16.4. The lowest BCUT2D eigenvalue weighted by molar-refractivity contribution is -0.906. The van der Waals surface area contributed by atoms with E-state index in [2.05, 4.69) is 33.2 Å². The molecule has 0 saturated carbocycles. The van der Waals surface area contributed by atoms with Gasteiger partial charge in [-0.05, 0) is 30.7 Å². The number of carboxylic acid groups (broad SMARTS) is 1. The summed E-state index contributed by atoms with van der Waals surface area (Å²) in [5.74, 6) is -0.833. The number of aliphatic hydroxyl groups excluding tert-OH is 1. The molecule has 0 amide bonds. The summed E-state index contributed by atoms with van der Waals surface area (Å²) in [5, 5.41) is 15.5. The quantitative estimate of drug-likeness (QED) is 0.480. The van der Waals surface area contributed by atoms with E-state index in [9.17, 15) is 0 Å². The fourth-order valence-corrected chi connectivity index (χ4v) is 1.70. The van der Waals surface area contributed by atoms with Gasteiger partial charge in [-0.1, -0.05) is 39.7 Å². The lowest BCUT2D eigenvalue weighted by Crippen LogP contribution is -2.48. The van der Waals surface area contributed by atoms with Gasteiger partial charge in [0.1, 0.15) is 0 Å². The summed E-state index contributed by atoms with van der Waals surface area (Å²) in [6, 6.07) is 0. The van der Waals surface area contributed by atoms with Crippen LogP contribution in [0.1, 0.15) is 26.7 Å². The first-order valence-corrected chi connectivity index (χ1v) is 7.48. The van der Waals surface area contributed by atoms with E-state index in [4.69, 9.17) is 15.0 Å². The Morgan fingerprint density at radius 1 is 0.955 bits per heavy atom. The Morgan fingerprint density at radius 2 is 1.23 bits per heavy atom. The van der Waals surface area contributed by atoms with E-state index >= 15 is 0 Å². The zero-order valence-electron chi connectivity index (χ0n) is 14.3. The number of quaternary nitrogens is 1. The molecular weight excluding hydrogens is 278 g/mol. The molecule has 0 aliphatic carbocycles. The summed E-state index contributed by atoms with van der Waals surface area (Å²) in [4.78, 5) is 9.00. The van der Waals surface area contributed by atoms with Crippen molar-refractivity contribution in [2.24, 2.45) is 0 Å². The van der Waals surface area contributed by atoms with Gasteiger partial charge in [0.05, 0.1) is 26.2 Å². The Bertz CT molecular complexity index is 260. The molecule has 128 valence electrons. The molecular formula is C18H34NO3+. The number of carboxylic acids is 1. The van der Waals surface area contributed by atoms with Gasteiger partial charge in [0.2, 0.25) is 0 Å². The van der Waals surface area contributed by atoms with Gasteiger partial charge in [0.25, 0.3) is 5.97 Å². The molecule has 4 nitrogen and oxygen atoms in total. The molecule has 0 spiro atoms. The molecule has 0 atom stereocenters. The molecule has 4 heteroatoms. The van der Waals surface area contributed by atoms with E-state index in [1.807, 2.05) is 24.3 Å². The number of rotatable bonds is 10. The monoisotopic (exact) mass is 312 g/mol. The first kappa shape index (κ1) is 25.3. The second kappa shape index (κ2) is 19.4. The van der Waals surface area contributed by atoms with Crippen molar-refractivity contribution < 1.29 is 19.5 Å². The Morgan fingerprint density at radius 3 is 1.32 bits per heavy atom. The van der Waals surface area contributed by atoms with Crippen molar-refractivity contribution in [2.45, 2.75) is 26.7 Å². The van der Waals surface area contributed by atoms with Crippen LogP contribution < -0.4 is 0 Å². The van der Waals surface area contributed by atoms with Gasteiger partial charge in [-0.25, -0.2) is 0 Å². The number of aliphatic carboxylic acids is 1. The third-order valence-electron chi connectivity index (χ3n) is 2.58. The molecule has 0 aromatic carbocycles. The largest absolute Gasteiger partial charge is 0.481 e. The van der Waals surface area contributed by atoms with Crippen LogP contribution in [-0.2, 0) is 4.79 Å². The average Bonchev–Trinajstić information content (AvgIpc) is 2.41. The summed E-state index contributed by atoms with van der Waals surface area (Å²) in [5.41, 5.74) is 0. The topological polar surface area (TPSA) is 57.5 Å². The predicted octanol–water partition coefficient (Wildman–Crippen LogP) is 3.42. The average molecular weight is 312 g/mol. The van der Waals surface area contributed by atoms with Gasteiger partial charge >= 0.3 is 0 Å². The zero-order chi connectivity index (χ0) is 17.9. The van der Waals surface area contributed by atoms with Crippen molar-refractivity contribution >= 4 is 5.97 Å². The van der Waals surface area contributed by atoms with Gasteiger partial charge in [-0.3, -0.25) is 4.79 Å². The molecule has 0 aromatic rings. The lowest BCUT2D eigenvalue weighted by Gasteiger charge is -2.35. The molecule has 0 rings (SSSR count). The maximum absolute atomic E-state index is 9.00. The minimum atomic E-state index is -0.833. The van der Waals surface area contributed by atoms with Gasteiger partial charge in [0.15, 0.2) is 0 Å². The van der Waals surface area contributed by atoms with Crippen LogP contribution in [0.3, 0.4) is 0 Å². The van der Waals surface area contributed by atoms with Crippen molar-refractivity contribution in [3.05, 3.63) is 50.6 Å². The zero-order valence-corrected chi connectivity index (χ0v) is 14.3. The van der Waals surface area contributed by atoms with Crippen molar-refractivity contribution in [3.8, 4) is 0 Å². The standard InChI is InChI=1S/C12H20N.C4H10O.C2H4O2/c1-5-9-13(10-6-2,11-7-3)12-8-4;1-2-3-4-5;1-2(3)4/h5-8H,1-4,9-12H2;5H,2-4H2,1H3;1H3,(H,3,4)/q+1;;. The van der Waals surface area contributed by atoms with E-state index < -0.39 is 5.97 Å². The third-order valence-corrected chi connectivity index (χ3v) is 2.58. The van der Waals surface area contributed by atoms with Crippen LogP contribution in [0.25, 0.3) is 0 Å². The van der Waals surface area contributed by atoms with E-state index in [1.54, 1.807) is 0 Å². The van der Waals surface area contributed by atoms with Crippen LogP contribution in [0, 0.1) is 0 Å². The third kappa shape index (κ3) is 20.7. The maximum atomic E-state index is 9.00. The van der Waals surface area contributed by atoms with Crippen LogP contribution in [0.5, 0.6) is 0 Å². The molecule has 0 fully saturated rings. The van der Waals surface area contributed by atoms with Crippen LogP contribution in [0.2, 0.25) is 0 Å². The summed E-state index contributed by atoms with van der Waals surface area (Å²) in [7, 11) is 0. The highest BCUT2D eigenvalue weighted by Gasteiger charge is 2.20. The molecule has 22 heavy (non-hydrogen) atoms. The predicted molar refractivity (Wildman–Crippen MR) is 95.8 cm³/mol. The normalized spacial score (nSPS) is 9.23. The van der Waals surface area contributed by atoms with Crippen LogP contribution >= 0.6 is 0 Å². The van der Waals surface area contributed by atoms with E-state index in [0.29, 0.717) is 6.61 Å². The Balaban J connectivity index is -0.000000330. The highest BCUT2D eigenvalue weighted by molar-refractivity contribution is 5.62. The molecule has 2 N–H and O–H groups in total. The number of hydrogen-bond acceptors (Lipinski definition) is 2. The number of carbonyl (C=O) groups is 1. The number of aliphatic hydroxyl groups is 1. The van der Waals surface area contributed by atoms with Crippen LogP contribution in [0.15, 0.2) is 50.6 Å². The SMILES string of the molecule is C=CC[N+](CC=C)(CC=C)CC=C.CC(=O)O.CCCCO. The minimum Gasteiger partial charge on any atom is -0.481 e. The fourth-order valence-electron chi connectivity index (χ4n) is 1.70.